The number of aryl methyl sites for hydroxylation is 1. The predicted molar refractivity (Wildman–Crippen MR) is 71.6 cm³/mol. The maximum absolute atomic E-state index is 12.5. The van der Waals surface area contributed by atoms with Gasteiger partial charge in [0.25, 0.3) is 0 Å². The molecule has 1 aromatic rings. The minimum atomic E-state index is -0.988. The Labute approximate surface area is 116 Å². The maximum atomic E-state index is 12.5. The van der Waals surface area contributed by atoms with Crippen LogP contribution in [0.2, 0.25) is 0 Å². The summed E-state index contributed by atoms with van der Waals surface area (Å²) in [4.78, 5) is 37.4. The average molecular weight is 272 g/mol. The molecular weight excluding hydrogens is 256 g/mol. The zero-order valence-electron chi connectivity index (χ0n) is 11.3. The number of nitrogens with one attached hydrogen (secondary N) is 1. The minimum absolute atomic E-state index is 0.210. The third-order valence-corrected chi connectivity index (χ3v) is 4.19. The summed E-state index contributed by atoms with van der Waals surface area (Å²) in [6.07, 6.45) is 1.93. The highest BCUT2D eigenvalue weighted by atomic mass is 16.2. The van der Waals surface area contributed by atoms with Crippen molar-refractivity contribution >= 4 is 17.8 Å². The molecule has 5 nitrogen and oxygen atoms in total. The number of imide groups is 2. The van der Waals surface area contributed by atoms with Gasteiger partial charge in [0.05, 0.1) is 6.54 Å². The number of hydrogen-bond acceptors (Lipinski definition) is 3. The molecule has 3 rings (SSSR count). The van der Waals surface area contributed by atoms with Crippen LogP contribution in [-0.4, -0.2) is 22.7 Å². The summed E-state index contributed by atoms with van der Waals surface area (Å²) in [7, 11) is 0. The molecule has 0 atom stereocenters. The summed E-state index contributed by atoms with van der Waals surface area (Å²) in [6.45, 7) is 2.17. The second-order valence-corrected chi connectivity index (χ2v) is 5.58. The summed E-state index contributed by atoms with van der Waals surface area (Å²) < 4.78 is 0. The molecule has 1 aliphatic carbocycles. The molecule has 1 N–H and O–H groups in total. The van der Waals surface area contributed by atoms with Gasteiger partial charge in [-0.1, -0.05) is 36.2 Å². The van der Waals surface area contributed by atoms with Crippen LogP contribution in [0, 0.1) is 12.3 Å². The first kappa shape index (κ1) is 12.8. The van der Waals surface area contributed by atoms with Crippen LogP contribution >= 0.6 is 0 Å². The standard InChI is InChI=1S/C15H16N2O3/c1-10-4-2-5-11(8-10)9-17-13(19)15(6-3-7-15)12(18)16-14(17)20/h2,4-5,8H,3,6-7,9H2,1H3,(H,16,18,20). The molecule has 20 heavy (non-hydrogen) atoms. The Kier molecular flexibility index (Phi) is 2.85. The van der Waals surface area contributed by atoms with Crippen molar-refractivity contribution in [3.8, 4) is 0 Å². The summed E-state index contributed by atoms with van der Waals surface area (Å²) in [5, 5.41) is 2.31. The van der Waals surface area contributed by atoms with Gasteiger partial charge in [-0.3, -0.25) is 19.8 Å². The second-order valence-electron chi connectivity index (χ2n) is 5.58. The van der Waals surface area contributed by atoms with E-state index in [0.29, 0.717) is 12.8 Å². The molecule has 1 spiro atoms. The zero-order valence-corrected chi connectivity index (χ0v) is 11.3. The van der Waals surface area contributed by atoms with Gasteiger partial charge in [-0.05, 0) is 25.3 Å². The molecule has 0 unspecified atom stereocenters. The Balaban J connectivity index is 1.86. The number of benzene rings is 1. The highest BCUT2D eigenvalue weighted by Gasteiger charge is 2.57. The largest absolute Gasteiger partial charge is 0.331 e. The SMILES string of the molecule is Cc1cccc(CN2C(=O)NC(=O)C3(CCC3)C2=O)c1. The molecule has 4 amide bonds. The number of rotatable bonds is 2. The van der Waals surface area contributed by atoms with Gasteiger partial charge >= 0.3 is 6.03 Å². The number of amides is 4. The predicted octanol–water partition coefficient (Wildman–Crippen LogP) is 1.74. The zero-order chi connectivity index (χ0) is 14.3. The molecular formula is C15H16N2O3. The first-order valence-electron chi connectivity index (χ1n) is 6.76. The van der Waals surface area contributed by atoms with E-state index in [1.807, 2.05) is 31.2 Å². The van der Waals surface area contributed by atoms with Crippen molar-refractivity contribution in [2.24, 2.45) is 5.41 Å². The van der Waals surface area contributed by atoms with E-state index in [1.54, 1.807) is 0 Å². The van der Waals surface area contributed by atoms with Crippen molar-refractivity contribution in [2.45, 2.75) is 32.7 Å². The van der Waals surface area contributed by atoms with Gasteiger partial charge in [-0.2, -0.15) is 0 Å². The van der Waals surface area contributed by atoms with Gasteiger partial charge in [0.1, 0.15) is 5.41 Å². The van der Waals surface area contributed by atoms with E-state index in [1.165, 1.54) is 0 Å². The molecule has 0 radical (unpaired) electrons. The van der Waals surface area contributed by atoms with Gasteiger partial charge < -0.3 is 0 Å². The van der Waals surface area contributed by atoms with Crippen molar-refractivity contribution in [1.29, 1.82) is 0 Å². The summed E-state index contributed by atoms with van der Waals surface area (Å²) in [6, 6.07) is 7.04. The van der Waals surface area contributed by atoms with Crippen molar-refractivity contribution in [2.75, 3.05) is 0 Å². The fourth-order valence-electron chi connectivity index (χ4n) is 2.84. The molecule has 1 saturated carbocycles. The van der Waals surface area contributed by atoms with Crippen molar-refractivity contribution in [3.05, 3.63) is 35.4 Å². The van der Waals surface area contributed by atoms with Crippen LogP contribution < -0.4 is 5.32 Å². The lowest BCUT2D eigenvalue weighted by Crippen LogP contribution is -2.65. The molecule has 2 fully saturated rings. The second kappa shape index (κ2) is 4.44. The van der Waals surface area contributed by atoms with E-state index in [-0.39, 0.29) is 12.5 Å². The Morgan fingerprint density at radius 3 is 2.60 bits per heavy atom. The highest BCUT2D eigenvalue weighted by molar-refractivity contribution is 6.19. The van der Waals surface area contributed by atoms with Crippen LogP contribution in [0.15, 0.2) is 24.3 Å². The van der Waals surface area contributed by atoms with Crippen LogP contribution in [0.4, 0.5) is 4.79 Å². The highest BCUT2D eigenvalue weighted by Crippen LogP contribution is 2.44. The summed E-state index contributed by atoms with van der Waals surface area (Å²) in [5.41, 5.74) is 0.969. The normalized spacial score (nSPS) is 20.9. The molecule has 1 heterocycles. The first-order chi connectivity index (χ1) is 9.53. The van der Waals surface area contributed by atoms with E-state index < -0.39 is 17.4 Å². The van der Waals surface area contributed by atoms with E-state index in [9.17, 15) is 14.4 Å². The van der Waals surface area contributed by atoms with E-state index in [4.69, 9.17) is 0 Å². The van der Waals surface area contributed by atoms with E-state index >= 15 is 0 Å². The van der Waals surface area contributed by atoms with Gasteiger partial charge in [0, 0.05) is 0 Å². The number of barbiturate groups is 1. The van der Waals surface area contributed by atoms with Gasteiger partial charge in [-0.25, -0.2) is 4.79 Å². The van der Waals surface area contributed by atoms with Crippen LogP contribution in [0.1, 0.15) is 30.4 Å². The molecule has 1 aliphatic heterocycles. The third-order valence-electron chi connectivity index (χ3n) is 4.19. The molecule has 0 aromatic heterocycles. The Morgan fingerprint density at radius 1 is 1.25 bits per heavy atom. The molecule has 2 aliphatic rings. The van der Waals surface area contributed by atoms with Crippen molar-refractivity contribution in [3.63, 3.8) is 0 Å². The maximum Gasteiger partial charge on any atom is 0.331 e. The quantitative estimate of drug-likeness (QED) is 0.834. The number of carbonyl (C=O) groups is 3. The lowest BCUT2D eigenvalue weighted by atomic mass is 9.66. The fourth-order valence-corrected chi connectivity index (χ4v) is 2.84. The van der Waals surface area contributed by atoms with Crippen molar-refractivity contribution < 1.29 is 14.4 Å². The number of nitrogens with zero attached hydrogens (tertiary/aromatic N) is 1. The van der Waals surface area contributed by atoms with E-state index in [2.05, 4.69) is 5.32 Å². The Hall–Kier alpha value is -2.17. The lowest BCUT2D eigenvalue weighted by molar-refractivity contribution is -0.158. The van der Waals surface area contributed by atoms with Crippen LogP contribution in [0.25, 0.3) is 0 Å². The van der Waals surface area contributed by atoms with Crippen LogP contribution in [0.5, 0.6) is 0 Å². The van der Waals surface area contributed by atoms with Crippen LogP contribution in [-0.2, 0) is 16.1 Å². The molecule has 1 aromatic carbocycles. The molecule has 1 saturated heterocycles. The molecule has 5 heteroatoms. The summed E-state index contributed by atoms with van der Waals surface area (Å²) in [5.74, 6) is -0.779. The summed E-state index contributed by atoms with van der Waals surface area (Å²) >= 11 is 0. The topological polar surface area (TPSA) is 66.5 Å². The minimum Gasteiger partial charge on any atom is -0.277 e. The monoisotopic (exact) mass is 272 g/mol. The Bertz CT molecular complexity index is 605. The fraction of sp³-hybridized carbons (Fsp3) is 0.400. The lowest BCUT2D eigenvalue weighted by Gasteiger charge is -2.44. The first-order valence-corrected chi connectivity index (χ1v) is 6.76. The Morgan fingerprint density at radius 2 is 2.00 bits per heavy atom. The number of carbonyl (C=O) groups excluding carboxylic acids is 3. The van der Waals surface area contributed by atoms with E-state index in [0.717, 1.165) is 22.4 Å². The number of urea groups is 1. The average Bonchev–Trinajstić information content (AvgIpc) is 2.33. The van der Waals surface area contributed by atoms with Gasteiger partial charge in [0.2, 0.25) is 11.8 Å². The number of hydrogen-bond donors (Lipinski definition) is 1. The van der Waals surface area contributed by atoms with Gasteiger partial charge in [0.15, 0.2) is 0 Å². The molecule has 0 bridgehead atoms. The third kappa shape index (κ3) is 1.81. The van der Waals surface area contributed by atoms with Crippen molar-refractivity contribution in [1.82, 2.24) is 10.2 Å². The smallest absolute Gasteiger partial charge is 0.277 e. The molecule has 104 valence electrons. The van der Waals surface area contributed by atoms with Crippen LogP contribution in [0.3, 0.4) is 0 Å². The van der Waals surface area contributed by atoms with Gasteiger partial charge in [-0.15, -0.1) is 0 Å².